The average molecular weight is 518 g/mol. The Kier molecular flexibility index (Phi) is 9.48. The molecule has 1 heterocycles. The first kappa shape index (κ1) is 26.9. The van der Waals surface area contributed by atoms with Crippen molar-refractivity contribution < 1.29 is 18.0 Å². The van der Waals surface area contributed by atoms with Gasteiger partial charge in [0.1, 0.15) is 6.04 Å². The van der Waals surface area contributed by atoms with Gasteiger partial charge in [0.2, 0.25) is 21.8 Å². The van der Waals surface area contributed by atoms with Crippen LogP contribution in [0.5, 0.6) is 0 Å². The Morgan fingerprint density at radius 3 is 2.29 bits per heavy atom. The van der Waals surface area contributed by atoms with Crippen molar-refractivity contribution in [2.24, 2.45) is 0 Å². The Labute approximate surface area is 212 Å². The van der Waals surface area contributed by atoms with Crippen LogP contribution in [-0.2, 0) is 32.6 Å². The number of carbonyl (C=O) groups excluding carboxylic acids is 2. The molecule has 1 N–H and O–H groups in total. The number of nitrogens with one attached hydrogen (secondary N) is 1. The molecular weight excluding hydrogens is 486 g/mol. The van der Waals surface area contributed by atoms with Crippen LogP contribution in [0.1, 0.15) is 37.3 Å². The van der Waals surface area contributed by atoms with Gasteiger partial charge in [0, 0.05) is 37.6 Å². The molecule has 1 aliphatic heterocycles. The molecule has 188 valence electrons. The first-order chi connectivity index (χ1) is 16.7. The third kappa shape index (κ3) is 7.16. The third-order valence-electron chi connectivity index (χ3n) is 6.11. The summed E-state index contributed by atoms with van der Waals surface area (Å²) in [6.45, 7) is 7.01. The van der Waals surface area contributed by atoms with Crippen molar-refractivity contribution in [1.29, 1.82) is 0 Å². The lowest BCUT2D eigenvalue weighted by molar-refractivity contribution is -0.140. The second-order valence-corrected chi connectivity index (χ2v) is 11.0. The molecule has 9 heteroatoms. The summed E-state index contributed by atoms with van der Waals surface area (Å²) in [6, 6.07) is 13.2. The normalized spacial score (nSPS) is 14.9. The van der Waals surface area contributed by atoms with Crippen molar-refractivity contribution in [3.63, 3.8) is 0 Å². The number of sulfonamides is 1. The summed E-state index contributed by atoms with van der Waals surface area (Å²) in [6.07, 6.45) is 3.97. The second kappa shape index (κ2) is 12.3. The van der Waals surface area contributed by atoms with Gasteiger partial charge in [-0.1, -0.05) is 41.9 Å². The van der Waals surface area contributed by atoms with Crippen LogP contribution in [0, 0.1) is 0 Å². The lowest BCUT2D eigenvalue weighted by atomic mass is 10.1. The maximum atomic E-state index is 13.2. The molecule has 1 unspecified atom stereocenters. The molecule has 0 aromatic heterocycles. The summed E-state index contributed by atoms with van der Waals surface area (Å²) < 4.78 is 27.0. The zero-order chi connectivity index (χ0) is 25.4. The zero-order valence-corrected chi connectivity index (χ0v) is 21.5. The van der Waals surface area contributed by atoms with Gasteiger partial charge in [-0.3, -0.25) is 9.59 Å². The molecule has 0 radical (unpaired) electrons. The van der Waals surface area contributed by atoms with Gasteiger partial charge in [-0.25, -0.2) is 8.42 Å². The van der Waals surface area contributed by atoms with Gasteiger partial charge >= 0.3 is 0 Å². The Balaban J connectivity index is 1.68. The van der Waals surface area contributed by atoms with Crippen LogP contribution in [-0.4, -0.2) is 55.1 Å². The average Bonchev–Trinajstić information content (AvgIpc) is 3.41. The third-order valence-corrected chi connectivity index (χ3v) is 8.27. The first-order valence-corrected chi connectivity index (χ1v) is 13.6. The second-order valence-electron chi connectivity index (χ2n) is 8.61. The van der Waals surface area contributed by atoms with E-state index in [1.165, 1.54) is 4.31 Å². The van der Waals surface area contributed by atoms with E-state index in [0.717, 1.165) is 24.0 Å². The summed E-state index contributed by atoms with van der Waals surface area (Å²) in [5.41, 5.74) is 1.72. The maximum absolute atomic E-state index is 13.2. The Morgan fingerprint density at radius 1 is 1.09 bits per heavy atom. The lowest BCUT2D eigenvalue weighted by Crippen LogP contribution is -2.47. The lowest BCUT2D eigenvalue weighted by Gasteiger charge is -2.29. The highest BCUT2D eigenvalue weighted by Crippen LogP contribution is 2.22. The van der Waals surface area contributed by atoms with Gasteiger partial charge in [0.25, 0.3) is 0 Å². The number of hydrogen-bond acceptors (Lipinski definition) is 4. The molecule has 3 rings (SSSR count). The molecule has 0 spiro atoms. The number of halogens is 1. The maximum Gasteiger partial charge on any atom is 0.243 e. The van der Waals surface area contributed by atoms with Crippen LogP contribution in [0.15, 0.2) is 66.1 Å². The van der Waals surface area contributed by atoms with Crippen LogP contribution in [0.3, 0.4) is 0 Å². The molecule has 0 aliphatic carbocycles. The van der Waals surface area contributed by atoms with Crippen molar-refractivity contribution in [2.45, 2.75) is 50.1 Å². The van der Waals surface area contributed by atoms with Crippen LogP contribution in [0.2, 0.25) is 5.02 Å². The SMILES string of the molecule is C=CCNC(=O)C(C)N(Cc1ccc(Cl)cc1)C(=O)CCc1ccc(S(=O)(=O)N2CCCC2)cc1. The highest BCUT2D eigenvalue weighted by atomic mass is 35.5. The van der Waals surface area contributed by atoms with E-state index < -0.39 is 16.1 Å². The van der Waals surface area contributed by atoms with E-state index in [4.69, 9.17) is 11.6 Å². The molecule has 2 aromatic carbocycles. The van der Waals surface area contributed by atoms with E-state index in [9.17, 15) is 18.0 Å². The molecule has 2 aromatic rings. The van der Waals surface area contributed by atoms with Gasteiger partial charge in [0.15, 0.2) is 0 Å². The predicted molar refractivity (Wildman–Crippen MR) is 137 cm³/mol. The predicted octanol–water partition coefficient (Wildman–Crippen LogP) is 3.78. The topological polar surface area (TPSA) is 86.8 Å². The summed E-state index contributed by atoms with van der Waals surface area (Å²) in [4.78, 5) is 27.6. The molecule has 2 amide bonds. The first-order valence-electron chi connectivity index (χ1n) is 11.7. The molecule has 1 aliphatic rings. The van der Waals surface area contributed by atoms with E-state index in [1.54, 1.807) is 54.3 Å². The van der Waals surface area contributed by atoms with Crippen LogP contribution in [0.4, 0.5) is 0 Å². The van der Waals surface area contributed by atoms with E-state index in [1.807, 2.05) is 12.1 Å². The molecule has 35 heavy (non-hydrogen) atoms. The van der Waals surface area contributed by atoms with E-state index in [0.29, 0.717) is 31.1 Å². The Morgan fingerprint density at radius 2 is 1.69 bits per heavy atom. The van der Waals surface area contributed by atoms with Gasteiger partial charge in [-0.15, -0.1) is 6.58 Å². The molecule has 0 bridgehead atoms. The van der Waals surface area contributed by atoms with Crippen molar-refractivity contribution in [3.05, 3.63) is 77.3 Å². The number of nitrogens with zero attached hydrogens (tertiary/aromatic N) is 2. The molecule has 1 fully saturated rings. The van der Waals surface area contributed by atoms with Crippen LogP contribution >= 0.6 is 11.6 Å². The standard InChI is InChI=1S/C26H32ClN3O4S/c1-3-16-28-26(32)20(2)30(19-22-6-11-23(27)12-7-22)25(31)15-10-21-8-13-24(14-9-21)35(33,34)29-17-4-5-18-29/h3,6-9,11-14,20H,1,4-5,10,15-19H2,2H3,(H,28,32). The highest BCUT2D eigenvalue weighted by molar-refractivity contribution is 7.89. The van der Waals surface area contributed by atoms with Gasteiger partial charge < -0.3 is 10.2 Å². The fourth-order valence-corrected chi connectivity index (χ4v) is 5.63. The minimum atomic E-state index is -3.47. The summed E-state index contributed by atoms with van der Waals surface area (Å²) in [5, 5.41) is 3.34. The zero-order valence-electron chi connectivity index (χ0n) is 20.0. The monoisotopic (exact) mass is 517 g/mol. The molecule has 1 atom stereocenters. The smallest absolute Gasteiger partial charge is 0.243 e. The van der Waals surface area contributed by atoms with Crippen molar-refractivity contribution in [2.75, 3.05) is 19.6 Å². The van der Waals surface area contributed by atoms with E-state index >= 15 is 0 Å². The Bertz CT molecular complexity index is 1130. The Hall–Kier alpha value is -2.68. The molecular formula is C26H32ClN3O4S. The van der Waals surface area contributed by atoms with Crippen molar-refractivity contribution in [1.82, 2.24) is 14.5 Å². The number of carbonyl (C=O) groups is 2. The van der Waals surface area contributed by atoms with Gasteiger partial charge in [-0.2, -0.15) is 4.31 Å². The van der Waals surface area contributed by atoms with E-state index in [2.05, 4.69) is 11.9 Å². The quantitative estimate of drug-likeness (QED) is 0.460. The van der Waals surface area contributed by atoms with Crippen molar-refractivity contribution in [3.8, 4) is 0 Å². The molecule has 1 saturated heterocycles. The van der Waals surface area contributed by atoms with Crippen LogP contribution < -0.4 is 5.32 Å². The van der Waals surface area contributed by atoms with Gasteiger partial charge in [0.05, 0.1) is 4.90 Å². The number of benzene rings is 2. The molecule has 7 nitrogen and oxygen atoms in total. The number of amides is 2. The highest BCUT2D eigenvalue weighted by Gasteiger charge is 2.28. The van der Waals surface area contributed by atoms with Crippen LogP contribution in [0.25, 0.3) is 0 Å². The minimum Gasteiger partial charge on any atom is -0.351 e. The fourth-order valence-electron chi connectivity index (χ4n) is 3.99. The summed E-state index contributed by atoms with van der Waals surface area (Å²) in [5.74, 6) is -0.432. The fraction of sp³-hybridized carbons (Fsp3) is 0.385. The summed E-state index contributed by atoms with van der Waals surface area (Å²) in [7, 11) is -3.47. The van der Waals surface area contributed by atoms with Crippen molar-refractivity contribution >= 4 is 33.4 Å². The number of hydrogen-bond donors (Lipinski definition) is 1. The largest absolute Gasteiger partial charge is 0.351 e. The van der Waals surface area contributed by atoms with Gasteiger partial charge in [-0.05, 0) is 61.6 Å². The number of rotatable bonds is 11. The minimum absolute atomic E-state index is 0.171. The molecule has 0 saturated carbocycles. The van der Waals surface area contributed by atoms with E-state index in [-0.39, 0.29) is 29.7 Å². The number of aryl methyl sites for hydroxylation is 1. The summed E-state index contributed by atoms with van der Waals surface area (Å²) >= 11 is 5.98.